The summed E-state index contributed by atoms with van der Waals surface area (Å²) in [4.78, 5) is 2.53. The summed E-state index contributed by atoms with van der Waals surface area (Å²) in [6, 6.07) is 80.6. The maximum absolute atomic E-state index is 2.53. The van der Waals surface area contributed by atoms with E-state index >= 15 is 0 Å². The maximum Gasteiger partial charge on any atom is 0.0714 e. The van der Waals surface area contributed by atoms with Crippen LogP contribution in [0.5, 0.6) is 0 Å². The summed E-state index contributed by atoms with van der Waals surface area (Å²) in [6.45, 7) is 4.61. The average molecular weight is 730 g/mol. The Kier molecular flexibility index (Phi) is 8.65. The molecule has 1 aliphatic rings. The molecule has 0 spiro atoms. The Morgan fingerprint density at radius 1 is 0.404 bits per heavy atom. The van der Waals surface area contributed by atoms with Gasteiger partial charge in [-0.05, 0) is 91.0 Å². The van der Waals surface area contributed by atoms with Crippen molar-refractivity contribution in [2.75, 3.05) is 4.90 Å². The van der Waals surface area contributed by atoms with Gasteiger partial charge in [0.05, 0.1) is 16.8 Å². The second-order valence-corrected chi connectivity index (χ2v) is 15.4. The molecule has 0 amide bonds. The molecule has 9 aromatic rings. The molecule has 1 aliphatic carbocycles. The van der Waals surface area contributed by atoms with Crippen LogP contribution in [0.2, 0.25) is 0 Å². The van der Waals surface area contributed by atoms with E-state index in [2.05, 4.69) is 237 Å². The Bertz CT molecular complexity index is 2830. The molecule has 1 heteroatoms. The Hall–Kier alpha value is -6.96. The molecule has 0 radical (unpaired) electrons. The van der Waals surface area contributed by atoms with Crippen LogP contribution in [0, 0.1) is 0 Å². The molecule has 0 saturated carbocycles. The van der Waals surface area contributed by atoms with Crippen LogP contribution in [0.3, 0.4) is 0 Å². The van der Waals surface area contributed by atoms with Gasteiger partial charge < -0.3 is 4.90 Å². The minimum absolute atomic E-state index is 0.342. The SMILES string of the molecule is CC(C)c1ccccc1-c1c(N(c2ccc3c(c2)C(c2ccccc2)(c2ccccc2)c2ccccc2-3)c2ccccc2-c2ccccc2)ccc2ccccc12. The molecule has 1 nitrogen and oxygen atoms in total. The summed E-state index contributed by atoms with van der Waals surface area (Å²) in [5, 5.41) is 2.46. The number of anilines is 3. The van der Waals surface area contributed by atoms with Gasteiger partial charge in [0.15, 0.2) is 0 Å². The highest BCUT2D eigenvalue weighted by Gasteiger charge is 2.46. The molecule has 0 heterocycles. The third kappa shape index (κ3) is 5.61. The smallest absolute Gasteiger partial charge is 0.0714 e. The molecule has 0 saturated heterocycles. The molecule has 0 aliphatic heterocycles. The van der Waals surface area contributed by atoms with Crippen LogP contribution in [-0.2, 0) is 5.41 Å². The van der Waals surface area contributed by atoms with E-state index in [9.17, 15) is 0 Å². The zero-order valence-corrected chi connectivity index (χ0v) is 32.3. The Morgan fingerprint density at radius 2 is 0.965 bits per heavy atom. The van der Waals surface area contributed by atoms with Crippen molar-refractivity contribution < 1.29 is 0 Å². The number of hydrogen-bond donors (Lipinski definition) is 0. The molecule has 0 unspecified atom stereocenters. The Morgan fingerprint density at radius 3 is 1.68 bits per heavy atom. The molecule has 0 N–H and O–H groups in total. The van der Waals surface area contributed by atoms with E-state index in [1.807, 2.05) is 0 Å². The van der Waals surface area contributed by atoms with Crippen LogP contribution in [0.1, 0.15) is 47.6 Å². The molecule has 0 aromatic heterocycles. The van der Waals surface area contributed by atoms with Gasteiger partial charge in [-0.25, -0.2) is 0 Å². The predicted molar refractivity (Wildman–Crippen MR) is 241 cm³/mol. The molecule has 272 valence electrons. The van der Waals surface area contributed by atoms with Gasteiger partial charge in [-0.15, -0.1) is 0 Å². The Balaban J connectivity index is 1.33. The monoisotopic (exact) mass is 729 g/mol. The van der Waals surface area contributed by atoms with Gasteiger partial charge in [-0.2, -0.15) is 0 Å². The standard InChI is InChI=1S/C56H43N/c1-39(2)45-27-14-15-31-50(45)55-47-29-13-12-22-41(47)34-37-54(55)57(53-33-19-17-28-46(53)40-20-6-3-7-21-40)44-35-36-49-48-30-16-18-32-51(48)56(52(49)38-44,42-23-8-4-9-24-42)43-25-10-5-11-26-43/h3-39H,1-2H3. The van der Waals surface area contributed by atoms with Gasteiger partial charge in [0.2, 0.25) is 0 Å². The molecule has 57 heavy (non-hydrogen) atoms. The Labute approximate surface area is 336 Å². The first-order valence-electron chi connectivity index (χ1n) is 20.1. The number of fused-ring (bicyclic) bond motifs is 4. The van der Waals surface area contributed by atoms with Gasteiger partial charge in [0, 0.05) is 16.8 Å². The van der Waals surface area contributed by atoms with Crippen molar-refractivity contribution in [2.24, 2.45) is 0 Å². The minimum Gasteiger partial charge on any atom is -0.309 e. The number of benzene rings is 9. The first kappa shape index (κ1) is 34.5. The van der Waals surface area contributed by atoms with Gasteiger partial charge in [0.25, 0.3) is 0 Å². The van der Waals surface area contributed by atoms with E-state index in [-0.39, 0.29) is 0 Å². The number of nitrogens with zero attached hydrogens (tertiary/aromatic N) is 1. The summed E-state index contributed by atoms with van der Waals surface area (Å²) >= 11 is 0. The fourth-order valence-corrected chi connectivity index (χ4v) is 9.47. The van der Waals surface area contributed by atoms with Crippen molar-refractivity contribution >= 4 is 27.8 Å². The largest absolute Gasteiger partial charge is 0.309 e. The van der Waals surface area contributed by atoms with Crippen molar-refractivity contribution in [2.45, 2.75) is 25.2 Å². The third-order valence-electron chi connectivity index (χ3n) is 11.9. The van der Waals surface area contributed by atoms with Gasteiger partial charge >= 0.3 is 0 Å². The second kappa shape index (κ2) is 14.3. The summed E-state index contributed by atoms with van der Waals surface area (Å²) in [5.41, 5.74) is 16.7. The lowest BCUT2D eigenvalue weighted by Gasteiger charge is -2.35. The molecular weight excluding hydrogens is 687 g/mol. The highest BCUT2D eigenvalue weighted by Crippen LogP contribution is 2.58. The topological polar surface area (TPSA) is 3.24 Å². The molecule has 0 bridgehead atoms. The molecular formula is C56H43N. The van der Waals surface area contributed by atoms with Gasteiger partial charge in [0.1, 0.15) is 0 Å². The van der Waals surface area contributed by atoms with E-state index in [0.717, 1.165) is 17.1 Å². The van der Waals surface area contributed by atoms with Crippen LogP contribution >= 0.6 is 0 Å². The minimum atomic E-state index is -0.522. The first-order chi connectivity index (χ1) is 28.1. The number of hydrogen-bond acceptors (Lipinski definition) is 1. The quantitative estimate of drug-likeness (QED) is 0.151. The van der Waals surface area contributed by atoms with E-state index < -0.39 is 5.41 Å². The number of para-hydroxylation sites is 1. The van der Waals surface area contributed by atoms with Crippen LogP contribution in [0.4, 0.5) is 17.1 Å². The van der Waals surface area contributed by atoms with Crippen molar-refractivity contribution in [1.29, 1.82) is 0 Å². The molecule has 10 rings (SSSR count). The lowest BCUT2D eigenvalue weighted by atomic mass is 9.67. The predicted octanol–water partition coefficient (Wildman–Crippen LogP) is 15.1. The van der Waals surface area contributed by atoms with Gasteiger partial charge in [-0.3, -0.25) is 0 Å². The normalized spacial score (nSPS) is 12.7. The zero-order valence-electron chi connectivity index (χ0n) is 32.3. The summed E-state index contributed by atoms with van der Waals surface area (Å²) in [7, 11) is 0. The number of rotatable bonds is 8. The molecule has 0 atom stereocenters. The van der Waals surface area contributed by atoms with Crippen LogP contribution in [0.25, 0.3) is 44.2 Å². The van der Waals surface area contributed by atoms with Crippen LogP contribution < -0.4 is 4.90 Å². The third-order valence-corrected chi connectivity index (χ3v) is 11.9. The second-order valence-electron chi connectivity index (χ2n) is 15.4. The van der Waals surface area contributed by atoms with E-state index in [1.54, 1.807) is 0 Å². The fraction of sp³-hybridized carbons (Fsp3) is 0.0714. The lowest BCUT2D eigenvalue weighted by Crippen LogP contribution is -2.28. The van der Waals surface area contributed by atoms with Crippen molar-refractivity contribution in [3.63, 3.8) is 0 Å². The van der Waals surface area contributed by atoms with Crippen molar-refractivity contribution in [1.82, 2.24) is 0 Å². The van der Waals surface area contributed by atoms with E-state index in [1.165, 1.54) is 72.0 Å². The maximum atomic E-state index is 2.53. The molecule has 9 aromatic carbocycles. The average Bonchev–Trinajstić information content (AvgIpc) is 3.58. The van der Waals surface area contributed by atoms with Crippen molar-refractivity contribution in [3.8, 4) is 33.4 Å². The zero-order chi connectivity index (χ0) is 38.3. The highest BCUT2D eigenvalue weighted by molar-refractivity contribution is 6.07. The first-order valence-corrected chi connectivity index (χ1v) is 20.1. The summed E-state index contributed by atoms with van der Waals surface area (Å²) in [6.07, 6.45) is 0. The highest BCUT2D eigenvalue weighted by atomic mass is 15.1. The van der Waals surface area contributed by atoms with Crippen molar-refractivity contribution in [3.05, 3.63) is 246 Å². The van der Waals surface area contributed by atoms with Crippen LogP contribution in [0.15, 0.2) is 218 Å². The lowest BCUT2D eigenvalue weighted by molar-refractivity contribution is 0.768. The van der Waals surface area contributed by atoms with E-state index in [0.29, 0.717) is 5.92 Å². The van der Waals surface area contributed by atoms with E-state index in [4.69, 9.17) is 0 Å². The fourth-order valence-electron chi connectivity index (χ4n) is 9.47. The van der Waals surface area contributed by atoms with Crippen LogP contribution in [-0.4, -0.2) is 0 Å². The molecule has 0 fully saturated rings. The summed E-state index contributed by atoms with van der Waals surface area (Å²) < 4.78 is 0. The van der Waals surface area contributed by atoms with Gasteiger partial charge in [-0.1, -0.05) is 208 Å². The summed E-state index contributed by atoms with van der Waals surface area (Å²) in [5.74, 6) is 0.342.